The highest BCUT2D eigenvalue weighted by Crippen LogP contribution is 2.09. The quantitative estimate of drug-likeness (QED) is 0.224. The third-order valence-electron chi connectivity index (χ3n) is 3.65. The smallest absolute Gasteiger partial charge is 0.303 e. The summed E-state index contributed by atoms with van der Waals surface area (Å²) in [6, 6.07) is 0. The molecule has 118 valence electrons. The molecule has 20 heavy (non-hydrogen) atoms. The van der Waals surface area contributed by atoms with Gasteiger partial charge in [0.25, 0.3) is 0 Å². The molecule has 0 saturated heterocycles. The summed E-state index contributed by atoms with van der Waals surface area (Å²) >= 11 is 0. The molecule has 0 aliphatic rings. The van der Waals surface area contributed by atoms with Crippen molar-refractivity contribution in [1.29, 1.82) is 0 Å². The highest BCUT2D eigenvalue weighted by atomic mass is 16.5. The molecule has 0 spiro atoms. The van der Waals surface area contributed by atoms with Gasteiger partial charge < -0.3 is 5.11 Å². The Morgan fingerprint density at radius 2 is 1.20 bits per heavy atom. The Morgan fingerprint density at radius 1 is 0.750 bits per heavy atom. The van der Waals surface area contributed by atoms with Crippen molar-refractivity contribution in [3.63, 3.8) is 0 Å². The second kappa shape index (κ2) is 16.3. The van der Waals surface area contributed by atoms with Crippen LogP contribution in [0.3, 0.4) is 0 Å². The first-order valence-corrected chi connectivity index (χ1v) is 8.64. The summed E-state index contributed by atoms with van der Waals surface area (Å²) in [7, 11) is 0. The second-order valence-electron chi connectivity index (χ2n) is 5.73. The highest BCUT2D eigenvalue weighted by Gasteiger charge is 1.95. The fraction of sp³-hybridized carbons (Fsp3) is 0.833. The topological polar surface area (TPSA) is 37.3 Å². The van der Waals surface area contributed by atoms with Crippen molar-refractivity contribution < 1.29 is 9.90 Å². The number of allylic oxidation sites excluding steroid dienone is 2. The minimum Gasteiger partial charge on any atom is -0.481 e. The van der Waals surface area contributed by atoms with E-state index in [4.69, 9.17) is 5.11 Å². The van der Waals surface area contributed by atoms with E-state index in [9.17, 15) is 4.79 Å². The number of carbonyl (C=O) groups is 1. The summed E-state index contributed by atoms with van der Waals surface area (Å²) < 4.78 is 0. The molecule has 0 heterocycles. The number of aliphatic carboxylic acids is 1. The van der Waals surface area contributed by atoms with E-state index in [1.807, 2.05) is 0 Å². The van der Waals surface area contributed by atoms with E-state index in [1.54, 1.807) is 0 Å². The van der Waals surface area contributed by atoms with Crippen molar-refractivity contribution in [2.75, 3.05) is 0 Å². The molecule has 0 aromatic heterocycles. The van der Waals surface area contributed by atoms with Crippen LogP contribution < -0.4 is 0 Å². The molecule has 0 bridgehead atoms. The van der Waals surface area contributed by atoms with Crippen LogP contribution in [0, 0.1) is 0 Å². The van der Waals surface area contributed by atoms with Crippen LogP contribution in [-0.4, -0.2) is 11.1 Å². The number of hydrogen-bond acceptors (Lipinski definition) is 1. The number of rotatable bonds is 15. The van der Waals surface area contributed by atoms with Crippen LogP contribution in [-0.2, 0) is 4.79 Å². The monoisotopic (exact) mass is 287 g/mol. The van der Waals surface area contributed by atoms with Crippen LogP contribution in [0.15, 0.2) is 12.2 Å². The lowest BCUT2D eigenvalue weighted by atomic mass is 10.1. The summed E-state index contributed by atoms with van der Waals surface area (Å²) in [6.45, 7) is 2.26. The van der Waals surface area contributed by atoms with Crippen molar-refractivity contribution in [2.45, 2.75) is 96.8 Å². The average molecular weight is 287 g/mol. The van der Waals surface area contributed by atoms with Crippen molar-refractivity contribution in [3.05, 3.63) is 12.2 Å². The zero-order valence-corrected chi connectivity index (χ0v) is 13.4. The van der Waals surface area contributed by atoms with Gasteiger partial charge in [-0.1, -0.05) is 70.4 Å². The zero-order chi connectivity index (χ0) is 14.9. The molecule has 0 aliphatic carbocycles. The van der Waals surface area contributed by atoms with E-state index in [-0.39, 0.29) is 0 Å². The molecular weight excluding hydrogens is 253 g/mol. The average Bonchev–Trinajstić information content (AvgIpc) is 2.43. The third kappa shape index (κ3) is 17.2. The number of unbranched alkanes of at least 4 members (excludes halogenated alkanes) is 11. The Balaban J connectivity index is 3.07. The number of hydrogen-bond donors (Lipinski definition) is 1. The van der Waals surface area contributed by atoms with Crippen molar-refractivity contribution in [2.24, 2.45) is 0 Å². The summed E-state index contributed by atoms with van der Waals surface area (Å²) in [5.41, 5.74) is 0. The molecule has 1 N–H and O–H groups in total. The van der Waals surface area contributed by atoms with Crippen LogP contribution in [0.25, 0.3) is 0 Å². The molecule has 0 radical (unpaired) electrons. The van der Waals surface area contributed by atoms with Crippen LogP contribution in [0.1, 0.15) is 96.8 Å². The Hall–Kier alpha value is -0.790. The van der Waals surface area contributed by atoms with Crippen LogP contribution >= 0.6 is 0 Å². The Bertz CT molecular complexity index is 234. The molecule has 0 fully saturated rings. The van der Waals surface area contributed by atoms with E-state index in [2.05, 4.69) is 19.1 Å². The maximum Gasteiger partial charge on any atom is 0.303 e. The van der Waals surface area contributed by atoms with Gasteiger partial charge in [0, 0.05) is 6.42 Å². The Labute approximate surface area is 125 Å². The highest BCUT2D eigenvalue weighted by molar-refractivity contribution is 5.66. The molecular formula is C18H34O2. The van der Waals surface area contributed by atoms with Crippen molar-refractivity contribution in [3.8, 4) is 0 Å². The molecule has 0 rings (SSSR count). The molecule has 0 aliphatic heterocycles. The SMILES string of the molecule is CCCCCCCCC=C[13CH2][13CH2]CCC[13CH2][13CH2][13C](=O)O. The van der Waals surface area contributed by atoms with Crippen molar-refractivity contribution >= 4 is 5.97 Å². The Kier molecular flexibility index (Phi) is 15.6. The molecule has 0 aromatic rings. The van der Waals surface area contributed by atoms with E-state index < -0.39 is 5.97 Å². The summed E-state index contributed by atoms with van der Waals surface area (Å²) in [4.78, 5) is 10.3. The zero-order valence-electron chi connectivity index (χ0n) is 13.4. The first kappa shape index (κ1) is 19.2. The van der Waals surface area contributed by atoms with Crippen LogP contribution in [0.4, 0.5) is 0 Å². The molecule has 0 unspecified atom stereocenters. The number of carboxylic acids is 1. The van der Waals surface area contributed by atoms with Gasteiger partial charge in [0.1, 0.15) is 0 Å². The summed E-state index contributed by atoms with van der Waals surface area (Å²) in [6.07, 6.45) is 21.2. The van der Waals surface area contributed by atoms with Gasteiger partial charge in [-0.25, -0.2) is 0 Å². The minimum atomic E-state index is -0.664. The van der Waals surface area contributed by atoms with Gasteiger partial charge in [-0.15, -0.1) is 0 Å². The standard InChI is InChI=1S/C18H34O2/c1-2-3-4-5-6-7-8-9-10-11-12-13-14-15-16-17-18(19)20/h9-10H,2-8,11-17H2,1H3,(H,19,20)/i11+1,12+1,16+1,17+1,18+1. The maximum absolute atomic E-state index is 10.3. The first-order valence-electron chi connectivity index (χ1n) is 8.64. The lowest BCUT2D eigenvalue weighted by Crippen LogP contribution is -1.93. The van der Waals surface area contributed by atoms with Gasteiger partial charge in [-0.2, -0.15) is 0 Å². The van der Waals surface area contributed by atoms with E-state index >= 15 is 0 Å². The van der Waals surface area contributed by atoms with E-state index in [0.717, 1.165) is 12.8 Å². The van der Waals surface area contributed by atoms with Crippen molar-refractivity contribution in [1.82, 2.24) is 0 Å². The van der Waals surface area contributed by atoms with Gasteiger partial charge >= 0.3 is 5.97 Å². The fourth-order valence-electron chi connectivity index (χ4n) is 2.35. The molecule has 0 amide bonds. The number of carboxylic acid groups (broad SMARTS) is 1. The summed E-state index contributed by atoms with van der Waals surface area (Å²) in [5, 5.41) is 8.51. The normalized spacial score (nSPS) is 11.2. The van der Waals surface area contributed by atoms with Gasteiger partial charge in [-0.05, 0) is 32.1 Å². The van der Waals surface area contributed by atoms with E-state index in [1.165, 1.54) is 70.6 Å². The van der Waals surface area contributed by atoms with Crippen LogP contribution in [0.2, 0.25) is 0 Å². The van der Waals surface area contributed by atoms with E-state index in [0.29, 0.717) is 6.42 Å². The Morgan fingerprint density at radius 3 is 1.70 bits per heavy atom. The lowest BCUT2D eigenvalue weighted by molar-refractivity contribution is -0.137. The third-order valence-corrected chi connectivity index (χ3v) is 3.65. The second-order valence-corrected chi connectivity index (χ2v) is 5.73. The molecule has 0 aromatic carbocycles. The summed E-state index contributed by atoms with van der Waals surface area (Å²) in [5.74, 6) is -0.664. The van der Waals surface area contributed by atoms with Gasteiger partial charge in [-0.3, -0.25) is 4.79 Å². The van der Waals surface area contributed by atoms with Gasteiger partial charge in [0.05, 0.1) is 0 Å². The predicted octanol–water partition coefficient (Wildman–Crippen LogP) is 6.11. The molecule has 0 atom stereocenters. The minimum absolute atomic E-state index is 0.332. The lowest BCUT2D eigenvalue weighted by Gasteiger charge is -1.99. The van der Waals surface area contributed by atoms with Crippen LogP contribution in [0.5, 0.6) is 0 Å². The molecule has 2 nitrogen and oxygen atoms in total. The predicted molar refractivity (Wildman–Crippen MR) is 87.1 cm³/mol. The van der Waals surface area contributed by atoms with Gasteiger partial charge in [0.2, 0.25) is 0 Å². The fourth-order valence-corrected chi connectivity index (χ4v) is 2.35. The largest absolute Gasteiger partial charge is 0.481 e. The first-order chi connectivity index (χ1) is 9.77. The molecule has 2 heteroatoms. The molecule has 0 saturated carbocycles. The maximum atomic E-state index is 10.3. The van der Waals surface area contributed by atoms with Gasteiger partial charge in [0.15, 0.2) is 0 Å².